The van der Waals surface area contributed by atoms with Gasteiger partial charge in [0.2, 0.25) is 6.41 Å². The molecule has 0 radical (unpaired) electrons. The van der Waals surface area contributed by atoms with E-state index in [1.807, 2.05) is 52.0 Å². The average Bonchev–Trinajstić information content (AvgIpc) is 2.51. The first kappa shape index (κ1) is 20.3. The molecule has 2 aliphatic rings. The Morgan fingerprint density at radius 2 is 1.93 bits per heavy atom. The van der Waals surface area contributed by atoms with Gasteiger partial charge in [0.05, 0.1) is 5.71 Å². The molecule has 1 aromatic carbocycles. The molecule has 2 saturated carbocycles. The Balaban J connectivity index is 1.63. The number of nitrogens with zero attached hydrogens (tertiary/aromatic N) is 1. The molecule has 0 atom stereocenters. The van der Waals surface area contributed by atoms with Crippen LogP contribution in [0.4, 0.5) is 4.79 Å². The summed E-state index contributed by atoms with van der Waals surface area (Å²) in [5.41, 5.74) is 3.05. The molecule has 1 spiro atoms. The Bertz CT molecular complexity index is 783. The standard InChI is InChI=1S/C21H29N3O4/c1-14-7-5-6-8-16(14)17(24-22-13-25)21(27)11-20(12-21)9-15(10-20)23-18(26)28-19(2,3)4/h5-8,13,15,27H,9-12H2,1-4H3,(H,22,25)(H,23,26)/b24-17+. The number of hydrazone groups is 1. The zero-order chi connectivity index (χ0) is 20.6. The third-order valence-electron chi connectivity index (χ3n) is 5.48. The predicted molar refractivity (Wildman–Crippen MR) is 106 cm³/mol. The van der Waals surface area contributed by atoms with Crippen molar-refractivity contribution in [1.29, 1.82) is 0 Å². The second-order valence-corrected chi connectivity index (χ2v) is 9.16. The van der Waals surface area contributed by atoms with E-state index in [9.17, 15) is 14.7 Å². The summed E-state index contributed by atoms with van der Waals surface area (Å²) in [7, 11) is 0. The number of carbonyl (C=O) groups is 2. The van der Waals surface area contributed by atoms with Crippen LogP contribution in [-0.4, -0.2) is 40.6 Å². The lowest BCUT2D eigenvalue weighted by atomic mass is 9.47. The Labute approximate surface area is 165 Å². The molecule has 2 aliphatic carbocycles. The second kappa shape index (κ2) is 7.20. The molecular weight excluding hydrogens is 358 g/mol. The molecule has 0 aliphatic heterocycles. The van der Waals surface area contributed by atoms with Gasteiger partial charge in [-0.15, -0.1) is 0 Å². The van der Waals surface area contributed by atoms with E-state index in [0.717, 1.165) is 24.0 Å². The number of aryl methyl sites for hydroxylation is 1. The van der Waals surface area contributed by atoms with E-state index in [4.69, 9.17) is 4.74 Å². The first-order valence-electron chi connectivity index (χ1n) is 9.61. The Morgan fingerprint density at radius 3 is 2.50 bits per heavy atom. The number of ether oxygens (including phenoxy) is 1. The molecule has 0 aromatic heterocycles. The van der Waals surface area contributed by atoms with Crippen LogP contribution in [-0.2, 0) is 9.53 Å². The number of carbonyl (C=O) groups excluding carboxylic acids is 2. The summed E-state index contributed by atoms with van der Waals surface area (Å²) in [6.07, 6.45) is 2.81. The largest absolute Gasteiger partial charge is 0.444 e. The number of amides is 2. The lowest BCUT2D eigenvalue weighted by Gasteiger charge is -2.61. The van der Waals surface area contributed by atoms with Crippen molar-refractivity contribution in [1.82, 2.24) is 10.7 Å². The van der Waals surface area contributed by atoms with Crippen LogP contribution in [0.5, 0.6) is 0 Å². The molecule has 0 bridgehead atoms. The zero-order valence-electron chi connectivity index (χ0n) is 16.9. The number of benzene rings is 1. The van der Waals surface area contributed by atoms with Crippen molar-refractivity contribution in [3.63, 3.8) is 0 Å². The van der Waals surface area contributed by atoms with Crippen molar-refractivity contribution in [2.45, 2.75) is 70.6 Å². The van der Waals surface area contributed by atoms with Gasteiger partial charge < -0.3 is 15.2 Å². The summed E-state index contributed by atoms with van der Waals surface area (Å²) in [6, 6.07) is 7.73. The monoisotopic (exact) mass is 387 g/mol. The van der Waals surface area contributed by atoms with Crippen molar-refractivity contribution in [2.24, 2.45) is 10.5 Å². The van der Waals surface area contributed by atoms with Crippen molar-refractivity contribution >= 4 is 18.2 Å². The normalized spacial score (nSPS) is 29.5. The number of hydrogen-bond acceptors (Lipinski definition) is 5. The van der Waals surface area contributed by atoms with Crippen molar-refractivity contribution < 1.29 is 19.4 Å². The molecule has 152 valence electrons. The van der Waals surface area contributed by atoms with Crippen LogP contribution in [0.3, 0.4) is 0 Å². The lowest BCUT2D eigenvalue weighted by Crippen LogP contribution is -2.65. The summed E-state index contributed by atoms with van der Waals surface area (Å²) in [5, 5.41) is 18.3. The van der Waals surface area contributed by atoms with E-state index in [-0.39, 0.29) is 11.5 Å². The van der Waals surface area contributed by atoms with E-state index in [1.54, 1.807) is 0 Å². The quantitative estimate of drug-likeness (QED) is 0.411. The molecule has 7 nitrogen and oxygen atoms in total. The molecule has 3 N–H and O–H groups in total. The lowest BCUT2D eigenvalue weighted by molar-refractivity contribution is -0.131. The zero-order valence-corrected chi connectivity index (χ0v) is 16.9. The number of alkyl carbamates (subject to hydrolysis) is 1. The molecule has 3 rings (SSSR count). The highest BCUT2D eigenvalue weighted by Gasteiger charge is 2.62. The predicted octanol–water partition coefficient (Wildman–Crippen LogP) is 2.64. The van der Waals surface area contributed by atoms with Gasteiger partial charge >= 0.3 is 6.09 Å². The maximum Gasteiger partial charge on any atom is 0.407 e. The minimum absolute atomic E-state index is 0.000929. The van der Waals surface area contributed by atoms with Crippen LogP contribution in [0.25, 0.3) is 0 Å². The summed E-state index contributed by atoms with van der Waals surface area (Å²) in [5.74, 6) is 0. The molecular formula is C21H29N3O4. The maximum absolute atomic E-state index is 11.9. The highest BCUT2D eigenvalue weighted by Crippen LogP contribution is 2.61. The van der Waals surface area contributed by atoms with Gasteiger partial charge in [-0.05, 0) is 64.4 Å². The molecule has 28 heavy (non-hydrogen) atoms. The SMILES string of the molecule is Cc1ccccc1/C(=N\NC=O)C1(O)CC2(CC(NC(=O)OC(C)(C)C)C2)C1. The smallest absolute Gasteiger partial charge is 0.407 e. The summed E-state index contributed by atoms with van der Waals surface area (Å²) < 4.78 is 5.30. The topological polar surface area (TPSA) is 100 Å². The highest BCUT2D eigenvalue weighted by molar-refractivity contribution is 6.08. The van der Waals surface area contributed by atoms with Gasteiger partial charge in [0.15, 0.2) is 0 Å². The molecule has 0 saturated heterocycles. The average molecular weight is 387 g/mol. The molecule has 0 heterocycles. The van der Waals surface area contributed by atoms with Crippen molar-refractivity contribution in [3.8, 4) is 0 Å². The molecule has 7 heteroatoms. The molecule has 1 aromatic rings. The van der Waals surface area contributed by atoms with Gasteiger partial charge in [-0.3, -0.25) is 4.79 Å². The molecule has 0 unspecified atom stereocenters. The van der Waals surface area contributed by atoms with Crippen molar-refractivity contribution in [3.05, 3.63) is 35.4 Å². The summed E-state index contributed by atoms with van der Waals surface area (Å²) in [6.45, 7) is 7.45. The first-order chi connectivity index (χ1) is 13.1. The summed E-state index contributed by atoms with van der Waals surface area (Å²) in [4.78, 5) is 22.7. The van der Waals surface area contributed by atoms with E-state index in [0.29, 0.717) is 25.0 Å². The van der Waals surface area contributed by atoms with E-state index in [1.165, 1.54) is 0 Å². The van der Waals surface area contributed by atoms with E-state index >= 15 is 0 Å². The summed E-state index contributed by atoms with van der Waals surface area (Å²) >= 11 is 0. The minimum Gasteiger partial charge on any atom is -0.444 e. The van der Waals surface area contributed by atoms with Crippen molar-refractivity contribution in [2.75, 3.05) is 0 Å². The van der Waals surface area contributed by atoms with Crippen LogP contribution >= 0.6 is 0 Å². The maximum atomic E-state index is 11.9. The van der Waals surface area contributed by atoms with Crippen LogP contribution in [0.15, 0.2) is 29.4 Å². The number of rotatable bonds is 5. The fourth-order valence-electron chi connectivity index (χ4n) is 4.55. The van der Waals surface area contributed by atoms with E-state index in [2.05, 4.69) is 15.8 Å². The number of aliphatic hydroxyl groups is 1. The third-order valence-corrected chi connectivity index (χ3v) is 5.48. The third kappa shape index (κ3) is 4.19. The Hall–Kier alpha value is -2.41. The van der Waals surface area contributed by atoms with Crippen LogP contribution < -0.4 is 10.7 Å². The van der Waals surface area contributed by atoms with Gasteiger partial charge in [0.1, 0.15) is 11.2 Å². The van der Waals surface area contributed by atoms with Gasteiger partial charge in [-0.2, -0.15) is 5.10 Å². The Morgan fingerprint density at radius 1 is 1.29 bits per heavy atom. The van der Waals surface area contributed by atoms with Gasteiger partial charge in [0, 0.05) is 11.6 Å². The van der Waals surface area contributed by atoms with Crippen LogP contribution in [0.2, 0.25) is 0 Å². The molecule has 2 fully saturated rings. The molecule has 2 amide bonds. The second-order valence-electron chi connectivity index (χ2n) is 9.16. The van der Waals surface area contributed by atoms with Crippen LogP contribution in [0, 0.1) is 12.3 Å². The van der Waals surface area contributed by atoms with Gasteiger partial charge in [-0.1, -0.05) is 24.3 Å². The minimum atomic E-state index is -1.08. The fourth-order valence-corrected chi connectivity index (χ4v) is 4.55. The number of nitrogens with one attached hydrogen (secondary N) is 2. The first-order valence-corrected chi connectivity index (χ1v) is 9.61. The Kier molecular flexibility index (Phi) is 5.23. The van der Waals surface area contributed by atoms with Gasteiger partial charge in [-0.25, -0.2) is 10.2 Å². The van der Waals surface area contributed by atoms with Crippen LogP contribution in [0.1, 0.15) is 57.6 Å². The number of hydrogen-bond donors (Lipinski definition) is 3. The highest BCUT2D eigenvalue weighted by atomic mass is 16.6. The fraction of sp³-hybridized carbons (Fsp3) is 0.571. The van der Waals surface area contributed by atoms with E-state index < -0.39 is 17.3 Å². The van der Waals surface area contributed by atoms with Gasteiger partial charge in [0.25, 0.3) is 0 Å².